The first-order chi connectivity index (χ1) is 10.2. The van der Waals surface area contributed by atoms with Gasteiger partial charge in [-0.15, -0.1) is 0 Å². The van der Waals surface area contributed by atoms with Gasteiger partial charge >= 0.3 is 0 Å². The van der Waals surface area contributed by atoms with E-state index in [0.717, 1.165) is 31.1 Å². The van der Waals surface area contributed by atoms with Gasteiger partial charge in [0.25, 0.3) is 0 Å². The second-order valence-electron chi connectivity index (χ2n) is 5.69. The summed E-state index contributed by atoms with van der Waals surface area (Å²) in [6.45, 7) is 6.93. The Morgan fingerprint density at radius 2 is 2.10 bits per heavy atom. The van der Waals surface area contributed by atoms with Crippen molar-refractivity contribution in [2.45, 2.75) is 26.8 Å². The molecule has 0 saturated heterocycles. The fourth-order valence-electron chi connectivity index (χ4n) is 2.18. The summed E-state index contributed by atoms with van der Waals surface area (Å²) in [5.41, 5.74) is 1.21. The highest BCUT2D eigenvalue weighted by Crippen LogP contribution is 2.18. The number of nitrogens with one attached hydrogen (secondary N) is 1. The zero-order valence-corrected chi connectivity index (χ0v) is 13.2. The van der Waals surface area contributed by atoms with Crippen LogP contribution in [-0.4, -0.2) is 22.7 Å². The van der Waals surface area contributed by atoms with Crippen LogP contribution in [0.5, 0.6) is 5.75 Å². The number of aromatic nitrogens is 2. The zero-order chi connectivity index (χ0) is 15.1. The number of imidazole rings is 1. The fraction of sp³-hybridized carbons (Fsp3) is 0.471. The molecule has 114 valence electrons. The van der Waals surface area contributed by atoms with E-state index in [1.807, 2.05) is 36.1 Å². The smallest absolute Gasteiger partial charge is 0.123 e. The quantitative estimate of drug-likeness (QED) is 0.811. The predicted octanol–water partition coefficient (Wildman–Crippen LogP) is 2.79. The summed E-state index contributed by atoms with van der Waals surface area (Å²) in [6, 6.07) is 8.22. The Balaban J connectivity index is 1.86. The van der Waals surface area contributed by atoms with Gasteiger partial charge in [-0.05, 0) is 18.5 Å². The highest BCUT2D eigenvalue weighted by Gasteiger charge is 2.05. The minimum Gasteiger partial charge on any atom is -0.493 e. The van der Waals surface area contributed by atoms with Gasteiger partial charge in [-0.1, -0.05) is 32.0 Å². The minimum atomic E-state index is 0.645. The molecule has 1 heterocycles. The van der Waals surface area contributed by atoms with Crippen LogP contribution in [-0.2, 0) is 20.0 Å². The Labute approximate surface area is 127 Å². The number of benzene rings is 1. The van der Waals surface area contributed by atoms with E-state index in [4.69, 9.17) is 4.74 Å². The highest BCUT2D eigenvalue weighted by molar-refractivity contribution is 5.33. The molecule has 0 unspecified atom stereocenters. The van der Waals surface area contributed by atoms with Crippen LogP contribution >= 0.6 is 0 Å². The second kappa shape index (κ2) is 7.84. The Kier molecular flexibility index (Phi) is 5.81. The number of rotatable bonds is 8. The first-order valence-corrected chi connectivity index (χ1v) is 7.54. The van der Waals surface area contributed by atoms with Crippen LogP contribution in [0.4, 0.5) is 0 Å². The second-order valence-corrected chi connectivity index (χ2v) is 5.69. The molecule has 0 aliphatic rings. The summed E-state index contributed by atoms with van der Waals surface area (Å²) in [5, 5.41) is 3.46. The number of aryl methyl sites for hydroxylation is 1. The number of para-hydroxylation sites is 1. The molecule has 0 spiro atoms. The third-order valence-electron chi connectivity index (χ3n) is 3.34. The Morgan fingerprint density at radius 3 is 2.81 bits per heavy atom. The van der Waals surface area contributed by atoms with Gasteiger partial charge in [-0.2, -0.15) is 0 Å². The van der Waals surface area contributed by atoms with E-state index in [2.05, 4.69) is 36.3 Å². The molecule has 0 amide bonds. The average Bonchev–Trinajstić information content (AvgIpc) is 2.86. The molecule has 4 heteroatoms. The SMILES string of the molecule is CC(C)CNCc1ccccc1OCCc1nccn1C. The molecule has 1 N–H and O–H groups in total. The summed E-state index contributed by atoms with van der Waals surface area (Å²) in [4.78, 5) is 4.31. The predicted molar refractivity (Wildman–Crippen MR) is 85.4 cm³/mol. The van der Waals surface area contributed by atoms with Crippen LogP contribution < -0.4 is 10.1 Å². The largest absolute Gasteiger partial charge is 0.493 e. The van der Waals surface area contributed by atoms with Gasteiger partial charge in [0.15, 0.2) is 0 Å². The van der Waals surface area contributed by atoms with E-state index in [-0.39, 0.29) is 0 Å². The number of hydrogen-bond donors (Lipinski definition) is 1. The lowest BCUT2D eigenvalue weighted by atomic mass is 10.2. The van der Waals surface area contributed by atoms with Gasteiger partial charge in [-0.25, -0.2) is 4.98 Å². The standard InChI is InChI=1S/C17H25N3O/c1-14(2)12-18-13-15-6-4-5-7-16(15)21-11-8-17-19-9-10-20(17)3/h4-7,9-10,14,18H,8,11-13H2,1-3H3. The molecule has 0 aliphatic carbocycles. The van der Waals surface area contributed by atoms with Crippen molar-refractivity contribution < 1.29 is 4.74 Å². The Hall–Kier alpha value is -1.81. The molecule has 2 rings (SSSR count). The van der Waals surface area contributed by atoms with E-state index in [1.54, 1.807) is 0 Å². The van der Waals surface area contributed by atoms with Crippen LogP contribution in [0.25, 0.3) is 0 Å². The Morgan fingerprint density at radius 1 is 1.29 bits per heavy atom. The van der Waals surface area contributed by atoms with Crippen molar-refractivity contribution in [3.8, 4) is 5.75 Å². The molecule has 0 fully saturated rings. The van der Waals surface area contributed by atoms with Crippen molar-refractivity contribution in [3.63, 3.8) is 0 Å². The van der Waals surface area contributed by atoms with Crippen LogP contribution in [0.2, 0.25) is 0 Å². The number of hydrogen-bond acceptors (Lipinski definition) is 3. The maximum atomic E-state index is 5.93. The van der Waals surface area contributed by atoms with Gasteiger partial charge < -0.3 is 14.6 Å². The van der Waals surface area contributed by atoms with Crippen LogP contribution in [0.3, 0.4) is 0 Å². The van der Waals surface area contributed by atoms with E-state index < -0.39 is 0 Å². The van der Waals surface area contributed by atoms with E-state index in [0.29, 0.717) is 12.5 Å². The molecule has 1 aromatic heterocycles. The summed E-state index contributed by atoms with van der Waals surface area (Å²) < 4.78 is 7.96. The molecule has 0 aliphatic heterocycles. The van der Waals surface area contributed by atoms with Crippen molar-refractivity contribution in [2.24, 2.45) is 13.0 Å². The molecule has 21 heavy (non-hydrogen) atoms. The Bertz CT molecular complexity index is 548. The van der Waals surface area contributed by atoms with Gasteiger partial charge in [0.1, 0.15) is 11.6 Å². The monoisotopic (exact) mass is 287 g/mol. The first kappa shape index (κ1) is 15.6. The number of ether oxygens (including phenoxy) is 1. The lowest BCUT2D eigenvalue weighted by Gasteiger charge is -2.13. The molecule has 0 bridgehead atoms. The van der Waals surface area contributed by atoms with Gasteiger partial charge in [0.2, 0.25) is 0 Å². The molecule has 1 aromatic carbocycles. The fourth-order valence-corrected chi connectivity index (χ4v) is 2.18. The lowest BCUT2D eigenvalue weighted by molar-refractivity contribution is 0.313. The molecule has 0 radical (unpaired) electrons. The summed E-state index contributed by atoms with van der Waals surface area (Å²) in [6.07, 6.45) is 4.59. The molecular formula is C17H25N3O. The maximum Gasteiger partial charge on any atom is 0.123 e. The number of nitrogens with zero attached hydrogens (tertiary/aromatic N) is 2. The van der Waals surface area contributed by atoms with Gasteiger partial charge in [-0.3, -0.25) is 0 Å². The van der Waals surface area contributed by atoms with Crippen molar-refractivity contribution in [3.05, 3.63) is 48.0 Å². The van der Waals surface area contributed by atoms with E-state index in [9.17, 15) is 0 Å². The van der Waals surface area contributed by atoms with Gasteiger partial charge in [0, 0.05) is 38.0 Å². The molecular weight excluding hydrogens is 262 g/mol. The topological polar surface area (TPSA) is 39.1 Å². The van der Waals surface area contributed by atoms with Crippen LogP contribution in [0.15, 0.2) is 36.7 Å². The third kappa shape index (κ3) is 4.90. The van der Waals surface area contributed by atoms with Gasteiger partial charge in [0.05, 0.1) is 6.61 Å². The molecule has 0 saturated carbocycles. The third-order valence-corrected chi connectivity index (χ3v) is 3.34. The first-order valence-electron chi connectivity index (χ1n) is 7.54. The van der Waals surface area contributed by atoms with E-state index in [1.165, 1.54) is 5.56 Å². The van der Waals surface area contributed by atoms with Crippen molar-refractivity contribution >= 4 is 0 Å². The van der Waals surface area contributed by atoms with Crippen molar-refractivity contribution in [1.82, 2.24) is 14.9 Å². The average molecular weight is 287 g/mol. The maximum absolute atomic E-state index is 5.93. The summed E-state index contributed by atoms with van der Waals surface area (Å²) in [7, 11) is 2.01. The molecule has 0 atom stereocenters. The molecule has 4 nitrogen and oxygen atoms in total. The lowest BCUT2D eigenvalue weighted by Crippen LogP contribution is -2.19. The molecule has 2 aromatic rings. The zero-order valence-electron chi connectivity index (χ0n) is 13.2. The van der Waals surface area contributed by atoms with Crippen LogP contribution in [0, 0.1) is 5.92 Å². The summed E-state index contributed by atoms with van der Waals surface area (Å²) in [5.74, 6) is 2.66. The van der Waals surface area contributed by atoms with Crippen molar-refractivity contribution in [1.29, 1.82) is 0 Å². The minimum absolute atomic E-state index is 0.645. The normalized spacial score (nSPS) is 11.0. The van der Waals surface area contributed by atoms with E-state index >= 15 is 0 Å². The van der Waals surface area contributed by atoms with Crippen molar-refractivity contribution in [2.75, 3.05) is 13.2 Å². The highest BCUT2D eigenvalue weighted by atomic mass is 16.5. The summed E-state index contributed by atoms with van der Waals surface area (Å²) >= 11 is 0. The van der Waals surface area contributed by atoms with Crippen LogP contribution in [0.1, 0.15) is 25.2 Å².